The lowest BCUT2D eigenvalue weighted by molar-refractivity contribution is -0.143. The first kappa shape index (κ1) is 24.0. The van der Waals surface area contributed by atoms with Gasteiger partial charge in [-0.15, -0.1) is 0 Å². The molecule has 1 aliphatic heterocycles. The molecule has 3 N–H and O–H groups in total. The van der Waals surface area contributed by atoms with Gasteiger partial charge in [0.1, 0.15) is 6.04 Å². The molecule has 0 unspecified atom stereocenters. The third kappa shape index (κ3) is 4.44. The van der Waals surface area contributed by atoms with E-state index < -0.39 is 29.8 Å². The van der Waals surface area contributed by atoms with Crippen molar-refractivity contribution in [1.82, 2.24) is 15.5 Å². The molecule has 7 nitrogen and oxygen atoms in total. The van der Waals surface area contributed by atoms with Crippen LogP contribution in [0, 0.1) is 23.7 Å². The predicted molar refractivity (Wildman–Crippen MR) is 122 cm³/mol. The molecule has 3 rings (SSSR count). The number of likely N-dealkylation sites (tertiary alicyclic amines) is 1. The molecule has 0 spiro atoms. The highest BCUT2D eigenvalue weighted by molar-refractivity contribution is 5.97. The standard InChI is InChI=1S/C25H35N3O4/c1-4-6-14-27-24(31)22-18-13-12-16(5-2)20(23(30)26-3)21(18)25(32)28(22)19(15-29)17-10-8-7-9-11-17/h7-13,16,18-22,29H,4-6,14-15H2,1-3H3,(H,26,30)(H,27,31)/t16-,18+,19-,20-,21+,22+/m1/s1. The fourth-order valence-corrected chi connectivity index (χ4v) is 5.22. The Bertz CT molecular complexity index is 841. The highest BCUT2D eigenvalue weighted by Crippen LogP contribution is 2.47. The number of carbonyl (C=O) groups is 3. The number of rotatable bonds is 9. The molecule has 0 radical (unpaired) electrons. The molecule has 3 amide bonds. The number of aliphatic hydroxyl groups is 1. The van der Waals surface area contributed by atoms with Crippen LogP contribution in [0.3, 0.4) is 0 Å². The van der Waals surface area contributed by atoms with E-state index in [1.54, 1.807) is 7.05 Å². The smallest absolute Gasteiger partial charge is 0.243 e. The first-order chi connectivity index (χ1) is 15.5. The lowest BCUT2D eigenvalue weighted by atomic mass is 9.69. The first-order valence-electron chi connectivity index (χ1n) is 11.7. The average molecular weight is 442 g/mol. The van der Waals surface area contributed by atoms with Crippen LogP contribution in [-0.4, -0.2) is 54.0 Å². The van der Waals surface area contributed by atoms with Gasteiger partial charge in [-0.1, -0.05) is 62.8 Å². The molecular weight excluding hydrogens is 406 g/mol. The number of benzene rings is 1. The summed E-state index contributed by atoms with van der Waals surface area (Å²) >= 11 is 0. The molecule has 1 fully saturated rings. The van der Waals surface area contributed by atoms with E-state index in [4.69, 9.17) is 0 Å². The second kappa shape index (κ2) is 10.8. The van der Waals surface area contributed by atoms with Crippen LogP contribution < -0.4 is 10.6 Å². The van der Waals surface area contributed by atoms with Gasteiger partial charge in [0.25, 0.3) is 0 Å². The Labute approximate surface area is 190 Å². The first-order valence-corrected chi connectivity index (χ1v) is 11.7. The molecule has 1 aliphatic carbocycles. The number of aliphatic hydroxyl groups excluding tert-OH is 1. The lowest BCUT2D eigenvalue weighted by Crippen LogP contribution is -2.49. The van der Waals surface area contributed by atoms with Crippen molar-refractivity contribution < 1.29 is 19.5 Å². The van der Waals surface area contributed by atoms with Gasteiger partial charge in [0.05, 0.1) is 24.5 Å². The molecule has 32 heavy (non-hydrogen) atoms. The molecule has 2 aliphatic rings. The monoisotopic (exact) mass is 441 g/mol. The Kier molecular flexibility index (Phi) is 8.07. The van der Waals surface area contributed by atoms with Gasteiger partial charge in [0.15, 0.2) is 0 Å². The van der Waals surface area contributed by atoms with Crippen molar-refractivity contribution in [1.29, 1.82) is 0 Å². The molecule has 1 saturated heterocycles. The van der Waals surface area contributed by atoms with E-state index in [9.17, 15) is 19.5 Å². The number of nitrogens with zero attached hydrogens (tertiary/aromatic N) is 1. The summed E-state index contributed by atoms with van der Waals surface area (Å²) in [6, 6.07) is 7.84. The molecule has 7 heteroatoms. The summed E-state index contributed by atoms with van der Waals surface area (Å²) in [5.74, 6) is -2.34. The quantitative estimate of drug-likeness (QED) is 0.403. The van der Waals surface area contributed by atoms with Gasteiger partial charge in [-0.2, -0.15) is 0 Å². The van der Waals surface area contributed by atoms with Crippen LogP contribution in [0.5, 0.6) is 0 Å². The fourth-order valence-electron chi connectivity index (χ4n) is 5.22. The zero-order valence-corrected chi connectivity index (χ0v) is 19.2. The van der Waals surface area contributed by atoms with Crippen LogP contribution in [-0.2, 0) is 14.4 Å². The van der Waals surface area contributed by atoms with Crippen LogP contribution in [0.15, 0.2) is 42.5 Å². The third-order valence-electron chi connectivity index (χ3n) is 6.86. The maximum absolute atomic E-state index is 13.9. The highest BCUT2D eigenvalue weighted by atomic mass is 16.3. The zero-order valence-electron chi connectivity index (χ0n) is 19.2. The number of amides is 3. The number of hydrogen-bond acceptors (Lipinski definition) is 4. The lowest BCUT2D eigenvalue weighted by Gasteiger charge is -2.34. The van der Waals surface area contributed by atoms with Crippen LogP contribution in [0.25, 0.3) is 0 Å². The van der Waals surface area contributed by atoms with Crippen molar-refractivity contribution in [2.24, 2.45) is 23.7 Å². The summed E-state index contributed by atoms with van der Waals surface area (Å²) in [6.45, 7) is 4.27. The number of unbranched alkanes of at least 4 members (excludes halogenated alkanes) is 1. The van der Waals surface area contributed by atoms with E-state index in [1.807, 2.05) is 56.3 Å². The van der Waals surface area contributed by atoms with E-state index in [0.29, 0.717) is 6.54 Å². The van der Waals surface area contributed by atoms with Gasteiger partial charge in [-0.05, 0) is 24.3 Å². The maximum Gasteiger partial charge on any atom is 0.243 e. The summed E-state index contributed by atoms with van der Waals surface area (Å²) in [7, 11) is 1.58. The molecule has 0 saturated carbocycles. The summed E-state index contributed by atoms with van der Waals surface area (Å²) in [6.07, 6.45) is 6.44. The molecule has 0 aromatic heterocycles. The fraction of sp³-hybridized carbons (Fsp3) is 0.560. The SMILES string of the molecule is CCCCNC(=O)[C@@H]1[C@H]2C=C[C@@H](CC)[C@@H](C(=O)NC)[C@H]2C(=O)N1[C@H](CO)c1ccccc1. The third-order valence-corrected chi connectivity index (χ3v) is 6.86. The van der Waals surface area contributed by atoms with E-state index >= 15 is 0 Å². The van der Waals surface area contributed by atoms with Crippen molar-refractivity contribution in [3.05, 3.63) is 48.0 Å². The van der Waals surface area contributed by atoms with Crippen molar-refractivity contribution in [3.8, 4) is 0 Å². The van der Waals surface area contributed by atoms with Crippen LogP contribution in [0.1, 0.15) is 44.7 Å². The van der Waals surface area contributed by atoms with E-state index in [1.165, 1.54) is 4.90 Å². The summed E-state index contributed by atoms with van der Waals surface area (Å²) in [5, 5.41) is 16.0. The molecule has 1 aromatic rings. The van der Waals surface area contributed by atoms with E-state index in [2.05, 4.69) is 10.6 Å². The number of carbonyl (C=O) groups excluding carboxylic acids is 3. The van der Waals surface area contributed by atoms with Gasteiger partial charge in [-0.3, -0.25) is 14.4 Å². The molecule has 1 heterocycles. The van der Waals surface area contributed by atoms with E-state index in [0.717, 1.165) is 24.8 Å². The zero-order chi connectivity index (χ0) is 23.3. The molecule has 0 bridgehead atoms. The van der Waals surface area contributed by atoms with Crippen LogP contribution in [0.2, 0.25) is 0 Å². The normalized spacial score (nSPS) is 27.7. The number of allylic oxidation sites excluding steroid dienone is 1. The minimum absolute atomic E-state index is 0.0757. The van der Waals surface area contributed by atoms with Gasteiger partial charge in [0.2, 0.25) is 17.7 Å². The summed E-state index contributed by atoms with van der Waals surface area (Å²) in [5.41, 5.74) is 0.765. The second-order valence-electron chi connectivity index (χ2n) is 8.64. The molecule has 174 valence electrons. The number of nitrogens with one attached hydrogen (secondary N) is 2. The van der Waals surface area contributed by atoms with Crippen LogP contribution in [0.4, 0.5) is 0 Å². The average Bonchev–Trinajstić information content (AvgIpc) is 3.11. The molecule has 6 atom stereocenters. The van der Waals surface area contributed by atoms with Crippen molar-refractivity contribution in [2.45, 2.75) is 45.2 Å². The van der Waals surface area contributed by atoms with Gasteiger partial charge in [-0.25, -0.2) is 0 Å². The van der Waals surface area contributed by atoms with E-state index in [-0.39, 0.29) is 30.2 Å². The largest absolute Gasteiger partial charge is 0.394 e. The number of fused-ring (bicyclic) bond motifs is 1. The number of hydrogen-bond donors (Lipinski definition) is 3. The Balaban J connectivity index is 2.06. The van der Waals surface area contributed by atoms with Crippen molar-refractivity contribution in [3.63, 3.8) is 0 Å². The highest BCUT2D eigenvalue weighted by Gasteiger charge is 2.58. The topological polar surface area (TPSA) is 98.7 Å². The summed E-state index contributed by atoms with van der Waals surface area (Å²) in [4.78, 5) is 41.6. The molecular formula is C25H35N3O4. The Morgan fingerprint density at radius 1 is 1.12 bits per heavy atom. The Hall–Kier alpha value is -2.67. The van der Waals surface area contributed by atoms with Crippen molar-refractivity contribution in [2.75, 3.05) is 20.2 Å². The maximum atomic E-state index is 13.9. The summed E-state index contributed by atoms with van der Waals surface area (Å²) < 4.78 is 0. The van der Waals surface area contributed by atoms with Gasteiger partial charge < -0.3 is 20.6 Å². The predicted octanol–water partition coefficient (Wildman–Crippen LogP) is 2.04. The Morgan fingerprint density at radius 2 is 1.84 bits per heavy atom. The molecule has 1 aromatic carbocycles. The van der Waals surface area contributed by atoms with Crippen molar-refractivity contribution >= 4 is 17.7 Å². The van der Waals surface area contributed by atoms with Gasteiger partial charge in [0, 0.05) is 19.5 Å². The van der Waals surface area contributed by atoms with Crippen LogP contribution >= 0.6 is 0 Å². The second-order valence-corrected chi connectivity index (χ2v) is 8.64. The minimum atomic E-state index is -0.775. The van der Waals surface area contributed by atoms with Gasteiger partial charge >= 0.3 is 0 Å². The Morgan fingerprint density at radius 3 is 2.44 bits per heavy atom. The minimum Gasteiger partial charge on any atom is -0.394 e.